The zero-order valence-electron chi connectivity index (χ0n) is 12.4. The lowest BCUT2D eigenvalue weighted by Gasteiger charge is -2.24. The summed E-state index contributed by atoms with van der Waals surface area (Å²) in [7, 11) is 0. The normalized spacial score (nSPS) is 17.6. The second kappa shape index (κ2) is 5.96. The first-order valence-electron chi connectivity index (χ1n) is 7.52. The van der Waals surface area contributed by atoms with E-state index in [1.54, 1.807) is 18.7 Å². The van der Waals surface area contributed by atoms with E-state index in [-0.39, 0.29) is 11.9 Å². The molecule has 5 nitrogen and oxygen atoms in total. The number of thiazole rings is 1. The van der Waals surface area contributed by atoms with Crippen LogP contribution in [-0.4, -0.2) is 27.3 Å². The van der Waals surface area contributed by atoms with Gasteiger partial charge in [-0.2, -0.15) is 0 Å². The van der Waals surface area contributed by atoms with Gasteiger partial charge in [-0.25, -0.2) is 4.98 Å². The molecule has 0 aliphatic carbocycles. The van der Waals surface area contributed by atoms with Crippen LogP contribution < -0.4 is 0 Å². The predicted octanol–water partition coefficient (Wildman–Crippen LogP) is 3.78. The highest BCUT2D eigenvalue weighted by molar-refractivity contribution is 7.13. The van der Waals surface area contributed by atoms with Crippen molar-refractivity contribution in [3.8, 4) is 10.6 Å². The summed E-state index contributed by atoms with van der Waals surface area (Å²) in [5, 5.41) is 2.63. The molecule has 1 aliphatic rings. The van der Waals surface area contributed by atoms with E-state index >= 15 is 0 Å². The van der Waals surface area contributed by atoms with E-state index in [0.29, 0.717) is 5.69 Å². The zero-order chi connectivity index (χ0) is 15.6. The number of furan rings is 1. The highest BCUT2D eigenvalue weighted by atomic mass is 32.1. The molecule has 116 valence electrons. The van der Waals surface area contributed by atoms with Crippen molar-refractivity contribution >= 4 is 17.2 Å². The number of hydrogen-bond donors (Lipinski definition) is 0. The molecular weight excluding hydrogens is 310 g/mol. The van der Waals surface area contributed by atoms with Gasteiger partial charge in [0, 0.05) is 29.9 Å². The summed E-state index contributed by atoms with van der Waals surface area (Å²) >= 11 is 1.46. The quantitative estimate of drug-likeness (QED) is 0.735. The van der Waals surface area contributed by atoms with Gasteiger partial charge < -0.3 is 9.32 Å². The molecule has 0 unspecified atom stereocenters. The molecule has 0 N–H and O–H groups in total. The van der Waals surface area contributed by atoms with Crippen molar-refractivity contribution in [2.45, 2.75) is 18.9 Å². The molecule has 6 heteroatoms. The van der Waals surface area contributed by atoms with Gasteiger partial charge in [0.1, 0.15) is 17.0 Å². The average Bonchev–Trinajstić information content (AvgIpc) is 3.35. The summed E-state index contributed by atoms with van der Waals surface area (Å²) in [5.41, 5.74) is 2.49. The number of nitrogens with zero attached hydrogens (tertiary/aromatic N) is 3. The minimum Gasteiger partial charge on any atom is -0.472 e. The first kappa shape index (κ1) is 14.1. The van der Waals surface area contributed by atoms with Gasteiger partial charge >= 0.3 is 0 Å². The molecule has 4 heterocycles. The third-order valence-electron chi connectivity index (χ3n) is 4.07. The van der Waals surface area contributed by atoms with Crippen LogP contribution in [0.3, 0.4) is 0 Å². The fraction of sp³-hybridized carbons (Fsp3) is 0.235. The second-order valence-electron chi connectivity index (χ2n) is 5.49. The molecule has 1 fully saturated rings. The SMILES string of the molecule is O=C(c1csc(-c2ccoc2)n1)N1CCC[C@H]1c1cccnc1. The molecule has 1 amide bonds. The molecule has 0 bridgehead atoms. The monoisotopic (exact) mass is 325 g/mol. The van der Waals surface area contributed by atoms with Crippen molar-refractivity contribution in [1.82, 2.24) is 14.9 Å². The summed E-state index contributed by atoms with van der Waals surface area (Å²) in [6.07, 6.45) is 8.81. The number of pyridine rings is 1. The molecular formula is C17H15N3O2S. The molecule has 1 aliphatic heterocycles. The Labute approximate surface area is 137 Å². The summed E-state index contributed by atoms with van der Waals surface area (Å²) in [6.45, 7) is 0.761. The van der Waals surface area contributed by atoms with Crippen LogP contribution in [0.4, 0.5) is 0 Å². The largest absolute Gasteiger partial charge is 0.472 e. The predicted molar refractivity (Wildman–Crippen MR) is 87.1 cm³/mol. The molecule has 3 aromatic heterocycles. The maximum atomic E-state index is 12.8. The molecule has 0 saturated carbocycles. The lowest BCUT2D eigenvalue weighted by molar-refractivity contribution is 0.0730. The van der Waals surface area contributed by atoms with Crippen molar-refractivity contribution < 1.29 is 9.21 Å². The number of amides is 1. The van der Waals surface area contributed by atoms with Crippen LogP contribution in [0.5, 0.6) is 0 Å². The first-order valence-corrected chi connectivity index (χ1v) is 8.40. The number of carbonyl (C=O) groups is 1. The Morgan fingerprint density at radius 1 is 1.39 bits per heavy atom. The van der Waals surface area contributed by atoms with Crippen molar-refractivity contribution in [2.24, 2.45) is 0 Å². The zero-order valence-corrected chi connectivity index (χ0v) is 13.2. The Balaban J connectivity index is 1.59. The molecule has 4 rings (SSSR count). The molecule has 0 spiro atoms. The number of carbonyl (C=O) groups excluding carboxylic acids is 1. The second-order valence-corrected chi connectivity index (χ2v) is 6.35. The third-order valence-corrected chi connectivity index (χ3v) is 4.97. The minimum atomic E-state index is -0.0117. The molecule has 3 aromatic rings. The van der Waals surface area contributed by atoms with Gasteiger partial charge in [-0.3, -0.25) is 9.78 Å². The summed E-state index contributed by atoms with van der Waals surface area (Å²) in [5.74, 6) is -0.0117. The van der Waals surface area contributed by atoms with Crippen LogP contribution in [-0.2, 0) is 0 Å². The number of hydrogen-bond acceptors (Lipinski definition) is 5. The number of rotatable bonds is 3. The summed E-state index contributed by atoms with van der Waals surface area (Å²) < 4.78 is 5.08. The fourth-order valence-corrected chi connectivity index (χ4v) is 3.75. The van der Waals surface area contributed by atoms with Gasteiger partial charge in [0.25, 0.3) is 5.91 Å². The van der Waals surface area contributed by atoms with E-state index in [1.165, 1.54) is 11.3 Å². The first-order chi connectivity index (χ1) is 11.3. The van der Waals surface area contributed by atoms with E-state index in [2.05, 4.69) is 9.97 Å². The van der Waals surface area contributed by atoms with Crippen LogP contribution in [0, 0.1) is 0 Å². The Morgan fingerprint density at radius 3 is 3.13 bits per heavy atom. The molecule has 1 saturated heterocycles. The minimum absolute atomic E-state index is 0.0117. The van der Waals surface area contributed by atoms with Gasteiger partial charge in [-0.05, 0) is 30.5 Å². The molecule has 0 aromatic carbocycles. The van der Waals surface area contributed by atoms with E-state index in [4.69, 9.17) is 4.42 Å². The van der Waals surface area contributed by atoms with Crippen LogP contribution >= 0.6 is 11.3 Å². The van der Waals surface area contributed by atoms with Crippen LogP contribution in [0.15, 0.2) is 52.9 Å². The fourth-order valence-electron chi connectivity index (χ4n) is 2.97. The van der Waals surface area contributed by atoms with Gasteiger partial charge in [0.2, 0.25) is 0 Å². The molecule has 1 atom stereocenters. The van der Waals surface area contributed by atoms with E-state index in [1.807, 2.05) is 34.7 Å². The average molecular weight is 325 g/mol. The number of aromatic nitrogens is 2. The van der Waals surface area contributed by atoms with Crippen molar-refractivity contribution in [2.75, 3.05) is 6.54 Å². The van der Waals surface area contributed by atoms with Crippen LogP contribution in [0.2, 0.25) is 0 Å². The van der Waals surface area contributed by atoms with E-state index in [9.17, 15) is 4.79 Å². The maximum Gasteiger partial charge on any atom is 0.273 e. The van der Waals surface area contributed by atoms with Crippen LogP contribution in [0.1, 0.15) is 34.9 Å². The van der Waals surface area contributed by atoms with Gasteiger partial charge in [-0.15, -0.1) is 11.3 Å². The molecule has 0 radical (unpaired) electrons. The Morgan fingerprint density at radius 2 is 2.35 bits per heavy atom. The maximum absolute atomic E-state index is 12.8. The van der Waals surface area contributed by atoms with Gasteiger partial charge in [-0.1, -0.05) is 6.07 Å². The Kier molecular flexibility index (Phi) is 3.67. The van der Waals surface area contributed by atoms with Gasteiger partial charge in [0.05, 0.1) is 12.3 Å². The van der Waals surface area contributed by atoms with Gasteiger partial charge in [0.15, 0.2) is 0 Å². The summed E-state index contributed by atoms with van der Waals surface area (Å²) in [4.78, 5) is 23.4. The standard InChI is InChI=1S/C17H15N3O2S/c21-17(14-11-23-16(19-14)13-5-8-22-10-13)20-7-2-4-15(20)12-3-1-6-18-9-12/h1,3,5-6,8-11,15H,2,4,7H2/t15-/m0/s1. The van der Waals surface area contributed by atoms with Crippen molar-refractivity contribution in [3.63, 3.8) is 0 Å². The Bertz CT molecular complexity index is 798. The van der Waals surface area contributed by atoms with E-state index < -0.39 is 0 Å². The van der Waals surface area contributed by atoms with E-state index in [0.717, 1.165) is 35.5 Å². The highest BCUT2D eigenvalue weighted by Crippen LogP contribution is 2.33. The summed E-state index contributed by atoms with van der Waals surface area (Å²) in [6, 6.07) is 5.88. The third kappa shape index (κ3) is 2.66. The number of likely N-dealkylation sites (tertiary alicyclic amines) is 1. The smallest absolute Gasteiger partial charge is 0.273 e. The molecule has 23 heavy (non-hydrogen) atoms. The van der Waals surface area contributed by atoms with Crippen molar-refractivity contribution in [3.05, 3.63) is 59.8 Å². The van der Waals surface area contributed by atoms with Crippen LogP contribution in [0.25, 0.3) is 10.6 Å². The highest BCUT2D eigenvalue weighted by Gasteiger charge is 2.31. The van der Waals surface area contributed by atoms with Crippen molar-refractivity contribution in [1.29, 1.82) is 0 Å². The Hall–Kier alpha value is -2.47. The lowest BCUT2D eigenvalue weighted by Crippen LogP contribution is -2.30. The lowest BCUT2D eigenvalue weighted by atomic mass is 10.1. The topological polar surface area (TPSA) is 59.2 Å².